The van der Waals surface area contributed by atoms with Gasteiger partial charge in [0.15, 0.2) is 0 Å². The van der Waals surface area contributed by atoms with Gasteiger partial charge in [0.2, 0.25) is 0 Å². The molecule has 1 atom stereocenters. The molecule has 2 rings (SSSR count). The normalized spacial score (nSPS) is 30.9. The highest BCUT2D eigenvalue weighted by molar-refractivity contribution is 6.12. The number of ketones is 2. The minimum Gasteiger partial charge on any atom is -0.299 e. The molecule has 0 aromatic rings. The first-order valence-corrected chi connectivity index (χ1v) is 4.52. The molecule has 2 fully saturated rings. The molecule has 2 saturated carbocycles. The van der Waals surface area contributed by atoms with E-state index >= 15 is 0 Å². The summed E-state index contributed by atoms with van der Waals surface area (Å²) in [5, 5.41) is 0. The minimum absolute atomic E-state index is 0.123. The molecular weight excluding hydrogens is 197 g/mol. The highest BCUT2D eigenvalue weighted by atomic mass is 19.4. The Balaban J connectivity index is 2.25. The summed E-state index contributed by atoms with van der Waals surface area (Å²) in [5.41, 5.74) is -1.66. The van der Waals surface area contributed by atoms with Crippen LogP contribution in [0.25, 0.3) is 0 Å². The van der Waals surface area contributed by atoms with Gasteiger partial charge in [-0.05, 0) is 12.8 Å². The molecule has 0 radical (unpaired) electrons. The van der Waals surface area contributed by atoms with Crippen molar-refractivity contribution in [3.8, 4) is 0 Å². The topological polar surface area (TPSA) is 34.1 Å². The number of Topliss-reactive ketones (excluding diaryl/α,β-unsaturated/α-hetero) is 2. The van der Waals surface area contributed by atoms with Crippen molar-refractivity contribution in [2.24, 2.45) is 11.3 Å². The molecule has 2 aliphatic rings. The van der Waals surface area contributed by atoms with Crippen LogP contribution in [-0.4, -0.2) is 17.7 Å². The van der Waals surface area contributed by atoms with E-state index in [-0.39, 0.29) is 19.3 Å². The van der Waals surface area contributed by atoms with Gasteiger partial charge in [-0.15, -0.1) is 0 Å². The first-order chi connectivity index (χ1) is 6.39. The summed E-state index contributed by atoms with van der Waals surface area (Å²) in [6.45, 7) is 0. The third kappa shape index (κ3) is 1.11. The molecule has 0 saturated heterocycles. The van der Waals surface area contributed by atoms with Crippen LogP contribution in [0, 0.1) is 11.3 Å². The molecule has 0 aliphatic heterocycles. The van der Waals surface area contributed by atoms with E-state index in [0.29, 0.717) is 6.42 Å². The average Bonchev–Trinajstić information content (AvgIpc) is 2.76. The Hall–Kier alpha value is -0.870. The largest absolute Gasteiger partial charge is 0.393 e. The van der Waals surface area contributed by atoms with Crippen LogP contribution in [0.1, 0.15) is 25.7 Å². The smallest absolute Gasteiger partial charge is 0.299 e. The SMILES string of the molecule is O=C1CCCC(=O)C12CC2C(F)(F)F. The highest BCUT2D eigenvalue weighted by Crippen LogP contribution is 2.63. The molecule has 0 aromatic carbocycles. The molecule has 0 N–H and O–H groups in total. The summed E-state index contributed by atoms with van der Waals surface area (Å²) in [6.07, 6.45) is -4.06. The Bertz CT molecular complexity index is 290. The Kier molecular flexibility index (Phi) is 1.78. The zero-order chi connectivity index (χ0) is 10.6. The molecule has 14 heavy (non-hydrogen) atoms. The molecule has 0 aromatic heterocycles. The quantitative estimate of drug-likeness (QED) is 0.567. The summed E-state index contributed by atoms with van der Waals surface area (Å²) >= 11 is 0. The fourth-order valence-corrected chi connectivity index (χ4v) is 2.29. The number of carbonyl (C=O) groups excluding carboxylic acids is 2. The van der Waals surface area contributed by atoms with Crippen molar-refractivity contribution in [2.45, 2.75) is 31.9 Å². The fourth-order valence-electron chi connectivity index (χ4n) is 2.29. The van der Waals surface area contributed by atoms with E-state index in [1.165, 1.54) is 0 Å². The lowest BCUT2D eigenvalue weighted by Crippen LogP contribution is -2.35. The second-order valence-corrected chi connectivity index (χ2v) is 3.97. The van der Waals surface area contributed by atoms with E-state index in [1.807, 2.05) is 0 Å². The van der Waals surface area contributed by atoms with Crippen molar-refractivity contribution in [3.05, 3.63) is 0 Å². The van der Waals surface area contributed by atoms with Crippen LogP contribution in [0.15, 0.2) is 0 Å². The van der Waals surface area contributed by atoms with Crippen LogP contribution in [0.2, 0.25) is 0 Å². The number of rotatable bonds is 0. The second-order valence-electron chi connectivity index (χ2n) is 3.97. The van der Waals surface area contributed by atoms with Crippen molar-refractivity contribution in [1.29, 1.82) is 0 Å². The highest BCUT2D eigenvalue weighted by Gasteiger charge is 2.74. The molecule has 0 bridgehead atoms. The molecule has 1 unspecified atom stereocenters. The standard InChI is InChI=1S/C9H9F3O2/c10-9(11,12)5-4-8(5)6(13)2-1-3-7(8)14/h5H,1-4H2. The van der Waals surface area contributed by atoms with E-state index in [0.717, 1.165) is 0 Å². The third-order valence-electron chi connectivity index (χ3n) is 3.16. The summed E-state index contributed by atoms with van der Waals surface area (Å²) in [6, 6.07) is 0. The fraction of sp³-hybridized carbons (Fsp3) is 0.778. The summed E-state index contributed by atoms with van der Waals surface area (Å²) in [5.74, 6) is -2.71. The lowest BCUT2D eigenvalue weighted by atomic mass is 9.82. The van der Waals surface area contributed by atoms with Crippen LogP contribution in [0.5, 0.6) is 0 Å². The van der Waals surface area contributed by atoms with E-state index in [1.54, 1.807) is 0 Å². The minimum atomic E-state index is -4.40. The number of halogens is 3. The van der Waals surface area contributed by atoms with Gasteiger partial charge < -0.3 is 0 Å². The first-order valence-electron chi connectivity index (χ1n) is 4.52. The van der Waals surface area contributed by atoms with Gasteiger partial charge in [0, 0.05) is 12.8 Å². The Morgan fingerprint density at radius 3 is 2.00 bits per heavy atom. The van der Waals surface area contributed by atoms with Crippen LogP contribution in [0.4, 0.5) is 13.2 Å². The van der Waals surface area contributed by atoms with Gasteiger partial charge >= 0.3 is 6.18 Å². The number of hydrogen-bond acceptors (Lipinski definition) is 2. The number of hydrogen-bond donors (Lipinski definition) is 0. The van der Waals surface area contributed by atoms with Crippen molar-refractivity contribution in [1.82, 2.24) is 0 Å². The molecule has 2 nitrogen and oxygen atoms in total. The lowest BCUT2D eigenvalue weighted by Gasteiger charge is -2.20. The Morgan fingerprint density at radius 1 is 1.14 bits per heavy atom. The van der Waals surface area contributed by atoms with Gasteiger partial charge in [0.05, 0.1) is 11.3 Å². The van der Waals surface area contributed by atoms with E-state index in [2.05, 4.69) is 0 Å². The molecule has 0 amide bonds. The molecule has 0 heterocycles. The van der Waals surface area contributed by atoms with Crippen LogP contribution in [0.3, 0.4) is 0 Å². The summed E-state index contributed by atoms with van der Waals surface area (Å²) in [4.78, 5) is 22.6. The number of alkyl halides is 3. The second kappa shape index (κ2) is 2.58. The van der Waals surface area contributed by atoms with Gasteiger partial charge in [0.25, 0.3) is 0 Å². The van der Waals surface area contributed by atoms with Gasteiger partial charge in [-0.2, -0.15) is 13.2 Å². The van der Waals surface area contributed by atoms with Crippen molar-refractivity contribution in [3.63, 3.8) is 0 Å². The average molecular weight is 206 g/mol. The lowest BCUT2D eigenvalue weighted by molar-refractivity contribution is -0.166. The van der Waals surface area contributed by atoms with E-state index in [9.17, 15) is 22.8 Å². The molecule has 2 aliphatic carbocycles. The first kappa shape index (κ1) is 9.68. The van der Waals surface area contributed by atoms with Crippen molar-refractivity contribution >= 4 is 11.6 Å². The van der Waals surface area contributed by atoms with Crippen molar-refractivity contribution < 1.29 is 22.8 Å². The molecule has 78 valence electrons. The third-order valence-corrected chi connectivity index (χ3v) is 3.16. The zero-order valence-corrected chi connectivity index (χ0v) is 7.36. The maximum absolute atomic E-state index is 12.3. The maximum Gasteiger partial charge on any atom is 0.393 e. The van der Waals surface area contributed by atoms with E-state index < -0.39 is 29.1 Å². The van der Waals surface area contributed by atoms with Crippen LogP contribution < -0.4 is 0 Å². The van der Waals surface area contributed by atoms with E-state index in [4.69, 9.17) is 0 Å². The Morgan fingerprint density at radius 2 is 1.64 bits per heavy atom. The predicted octanol–water partition coefficient (Wildman–Crippen LogP) is 1.88. The van der Waals surface area contributed by atoms with Gasteiger partial charge in [-0.1, -0.05) is 0 Å². The Labute approximate surface area is 78.5 Å². The predicted molar refractivity (Wildman–Crippen MR) is 40.5 cm³/mol. The summed E-state index contributed by atoms with van der Waals surface area (Å²) < 4.78 is 36.9. The summed E-state index contributed by atoms with van der Waals surface area (Å²) in [7, 11) is 0. The number of carbonyl (C=O) groups is 2. The van der Waals surface area contributed by atoms with Gasteiger partial charge in [-0.25, -0.2) is 0 Å². The monoisotopic (exact) mass is 206 g/mol. The van der Waals surface area contributed by atoms with Gasteiger partial charge in [-0.3, -0.25) is 9.59 Å². The van der Waals surface area contributed by atoms with Gasteiger partial charge in [0.1, 0.15) is 11.6 Å². The molecule has 1 spiro atoms. The van der Waals surface area contributed by atoms with Crippen LogP contribution >= 0.6 is 0 Å². The molecule has 5 heteroatoms. The van der Waals surface area contributed by atoms with Crippen molar-refractivity contribution in [2.75, 3.05) is 0 Å². The zero-order valence-electron chi connectivity index (χ0n) is 7.36. The van der Waals surface area contributed by atoms with Crippen LogP contribution in [-0.2, 0) is 9.59 Å². The molecular formula is C9H9F3O2. The maximum atomic E-state index is 12.3.